The molecule has 2 heterocycles. The van der Waals surface area contributed by atoms with Gasteiger partial charge in [0.25, 0.3) is 0 Å². The molecule has 0 bridgehead atoms. The fourth-order valence-corrected chi connectivity index (χ4v) is 2.34. The number of hydrazone groups is 1. The maximum absolute atomic E-state index is 11.6. The van der Waals surface area contributed by atoms with Crippen LogP contribution >= 0.6 is 11.6 Å². The summed E-state index contributed by atoms with van der Waals surface area (Å²) < 4.78 is 4.96. The Morgan fingerprint density at radius 2 is 2.17 bits per heavy atom. The minimum Gasteiger partial charge on any atom is -0.448 e. The molecule has 0 aliphatic carbocycles. The largest absolute Gasteiger partial charge is 0.448 e. The number of halogens is 1. The van der Waals surface area contributed by atoms with Crippen molar-refractivity contribution in [3.05, 3.63) is 34.9 Å². The van der Waals surface area contributed by atoms with Crippen LogP contribution in [0.25, 0.3) is 0 Å². The van der Waals surface area contributed by atoms with Gasteiger partial charge >= 0.3 is 6.09 Å². The molecule has 1 saturated heterocycles. The lowest BCUT2D eigenvalue weighted by Gasteiger charge is -2.21. The van der Waals surface area contributed by atoms with Crippen LogP contribution in [0.4, 0.5) is 4.79 Å². The lowest BCUT2D eigenvalue weighted by atomic mass is 10.0. The first-order valence-corrected chi connectivity index (χ1v) is 6.13. The Kier molecular flexibility index (Phi) is 2.83. The van der Waals surface area contributed by atoms with E-state index in [4.69, 9.17) is 16.3 Å². The van der Waals surface area contributed by atoms with Crippen molar-refractivity contribution < 1.29 is 9.53 Å². The molecule has 1 atom stereocenters. The number of nitrogens with zero attached hydrogens (tertiary/aromatic N) is 2. The second kappa shape index (κ2) is 4.49. The van der Waals surface area contributed by atoms with Crippen molar-refractivity contribution in [3.8, 4) is 0 Å². The molecule has 2 aliphatic rings. The summed E-state index contributed by atoms with van der Waals surface area (Å²) >= 11 is 5.86. The highest BCUT2D eigenvalue weighted by atomic mass is 35.5. The van der Waals surface area contributed by atoms with E-state index in [-0.39, 0.29) is 12.1 Å². The second-order valence-electron chi connectivity index (χ2n) is 4.19. The monoisotopic (exact) mass is 265 g/mol. The molecule has 0 aromatic heterocycles. The van der Waals surface area contributed by atoms with Gasteiger partial charge in [0.15, 0.2) is 0 Å². The molecule has 1 fully saturated rings. The molecule has 18 heavy (non-hydrogen) atoms. The van der Waals surface area contributed by atoms with Gasteiger partial charge in [-0.25, -0.2) is 4.79 Å². The van der Waals surface area contributed by atoms with Crippen molar-refractivity contribution >= 4 is 23.4 Å². The van der Waals surface area contributed by atoms with Gasteiger partial charge in [-0.15, -0.1) is 0 Å². The molecule has 0 saturated carbocycles. The van der Waals surface area contributed by atoms with Crippen molar-refractivity contribution in [1.29, 1.82) is 0 Å². The van der Waals surface area contributed by atoms with Crippen molar-refractivity contribution in [1.82, 2.24) is 10.3 Å². The first-order valence-electron chi connectivity index (χ1n) is 5.75. The Morgan fingerprint density at radius 1 is 1.39 bits per heavy atom. The summed E-state index contributed by atoms with van der Waals surface area (Å²) in [5, 5.41) is 4.95. The summed E-state index contributed by atoms with van der Waals surface area (Å²) in [5.74, 6) is 0. The van der Waals surface area contributed by atoms with Crippen LogP contribution in [-0.2, 0) is 4.74 Å². The first kappa shape index (κ1) is 11.3. The quantitative estimate of drug-likeness (QED) is 0.881. The normalized spacial score (nSPS) is 22.7. The summed E-state index contributed by atoms with van der Waals surface area (Å²) in [6.07, 6.45) is -0.273. The predicted molar refractivity (Wildman–Crippen MR) is 67.8 cm³/mol. The summed E-state index contributed by atoms with van der Waals surface area (Å²) in [6.45, 7) is 1.67. The number of cyclic esters (lactones) is 1. The molecule has 94 valence electrons. The molecule has 1 unspecified atom stereocenters. The summed E-state index contributed by atoms with van der Waals surface area (Å²) in [4.78, 5) is 13.3. The van der Waals surface area contributed by atoms with Crippen LogP contribution in [0.3, 0.4) is 0 Å². The van der Waals surface area contributed by atoms with Crippen molar-refractivity contribution in [3.63, 3.8) is 0 Å². The molecule has 6 heteroatoms. The highest BCUT2D eigenvalue weighted by molar-refractivity contribution is 6.30. The van der Waals surface area contributed by atoms with E-state index >= 15 is 0 Å². The molecule has 0 radical (unpaired) electrons. The zero-order chi connectivity index (χ0) is 12.5. The van der Waals surface area contributed by atoms with Crippen molar-refractivity contribution in [2.75, 3.05) is 19.7 Å². The van der Waals surface area contributed by atoms with E-state index in [1.807, 2.05) is 24.3 Å². The van der Waals surface area contributed by atoms with E-state index in [0.29, 0.717) is 24.7 Å². The van der Waals surface area contributed by atoms with Crippen LogP contribution in [0.1, 0.15) is 5.56 Å². The summed E-state index contributed by atoms with van der Waals surface area (Å²) in [6, 6.07) is 7.38. The number of ether oxygens (including phenoxy) is 1. The van der Waals surface area contributed by atoms with E-state index in [1.54, 1.807) is 4.90 Å². The van der Waals surface area contributed by atoms with Gasteiger partial charge in [0.2, 0.25) is 0 Å². The van der Waals surface area contributed by atoms with Gasteiger partial charge in [0.05, 0.1) is 24.8 Å². The molecular formula is C12H12ClN3O2. The van der Waals surface area contributed by atoms with E-state index in [9.17, 15) is 4.79 Å². The maximum atomic E-state index is 11.6. The molecule has 1 amide bonds. The minimum atomic E-state index is -0.273. The standard InChI is InChI=1S/C12H12ClN3O2/c13-9-3-1-8(2-4-9)11-10(7-14-15-11)16-5-6-18-12(16)17/h1-4,10,14H,5-7H2. The number of nitrogens with one attached hydrogen (secondary N) is 1. The van der Waals surface area contributed by atoms with E-state index in [1.165, 1.54) is 0 Å². The molecule has 1 aromatic rings. The van der Waals surface area contributed by atoms with E-state index < -0.39 is 0 Å². The maximum Gasteiger partial charge on any atom is 0.410 e. The van der Waals surface area contributed by atoms with Crippen LogP contribution in [-0.4, -0.2) is 42.4 Å². The van der Waals surface area contributed by atoms with Crippen LogP contribution in [0, 0.1) is 0 Å². The molecule has 0 spiro atoms. The van der Waals surface area contributed by atoms with Gasteiger partial charge in [-0.1, -0.05) is 23.7 Å². The van der Waals surface area contributed by atoms with Gasteiger partial charge in [-0.2, -0.15) is 5.10 Å². The number of amides is 1. The Morgan fingerprint density at radius 3 is 2.83 bits per heavy atom. The third kappa shape index (κ3) is 1.90. The zero-order valence-electron chi connectivity index (χ0n) is 9.60. The fraction of sp³-hybridized carbons (Fsp3) is 0.333. The average molecular weight is 266 g/mol. The number of hydrogen-bond donors (Lipinski definition) is 1. The molecule has 1 N–H and O–H groups in total. The van der Waals surface area contributed by atoms with Crippen molar-refractivity contribution in [2.24, 2.45) is 5.10 Å². The average Bonchev–Trinajstić information content (AvgIpc) is 2.98. The van der Waals surface area contributed by atoms with Crippen LogP contribution in [0.2, 0.25) is 5.02 Å². The predicted octanol–water partition coefficient (Wildman–Crippen LogP) is 1.47. The Hall–Kier alpha value is -1.75. The lowest BCUT2D eigenvalue weighted by Crippen LogP contribution is -2.43. The van der Waals surface area contributed by atoms with Gasteiger partial charge in [-0.05, 0) is 12.1 Å². The smallest absolute Gasteiger partial charge is 0.410 e. The number of rotatable bonds is 2. The van der Waals surface area contributed by atoms with Gasteiger partial charge in [0.1, 0.15) is 6.61 Å². The Labute approximate surface area is 109 Å². The number of hydrogen-bond acceptors (Lipinski definition) is 4. The van der Waals surface area contributed by atoms with Crippen LogP contribution in [0.15, 0.2) is 29.4 Å². The highest BCUT2D eigenvalue weighted by Gasteiger charge is 2.35. The van der Waals surface area contributed by atoms with Crippen molar-refractivity contribution in [2.45, 2.75) is 6.04 Å². The van der Waals surface area contributed by atoms with Crippen LogP contribution in [0.5, 0.6) is 0 Å². The van der Waals surface area contributed by atoms with Gasteiger partial charge in [0, 0.05) is 10.6 Å². The lowest BCUT2D eigenvalue weighted by molar-refractivity contribution is 0.155. The molecular weight excluding hydrogens is 254 g/mol. The SMILES string of the molecule is O=C1OCCN1C1CNN=C1c1ccc(Cl)cc1. The minimum absolute atomic E-state index is 0.0684. The van der Waals surface area contributed by atoms with Gasteiger partial charge < -0.3 is 10.2 Å². The molecule has 5 nitrogen and oxygen atoms in total. The highest BCUT2D eigenvalue weighted by Crippen LogP contribution is 2.19. The first-order chi connectivity index (χ1) is 8.75. The van der Waals surface area contributed by atoms with E-state index in [0.717, 1.165) is 11.3 Å². The fourth-order valence-electron chi connectivity index (χ4n) is 2.21. The summed E-state index contributed by atoms with van der Waals surface area (Å²) in [5.41, 5.74) is 4.76. The Bertz CT molecular complexity index is 501. The Balaban J connectivity index is 1.87. The zero-order valence-corrected chi connectivity index (χ0v) is 10.4. The number of benzene rings is 1. The molecule has 1 aromatic carbocycles. The third-order valence-corrected chi connectivity index (χ3v) is 3.36. The topological polar surface area (TPSA) is 53.9 Å². The van der Waals surface area contributed by atoms with E-state index in [2.05, 4.69) is 10.5 Å². The second-order valence-corrected chi connectivity index (χ2v) is 4.63. The number of carbonyl (C=O) groups excluding carboxylic acids is 1. The summed E-state index contributed by atoms with van der Waals surface area (Å²) in [7, 11) is 0. The van der Waals surface area contributed by atoms with Crippen LogP contribution < -0.4 is 5.43 Å². The third-order valence-electron chi connectivity index (χ3n) is 3.11. The number of carbonyl (C=O) groups is 1. The van der Waals surface area contributed by atoms with Gasteiger partial charge in [-0.3, -0.25) is 4.90 Å². The molecule has 3 rings (SSSR count). The molecule has 2 aliphatic heterocycles.